The zero-order chi connectivity index (χ0) is 11.1. The molecule has 0 spiro atoms. The lowest BCUT2D eigenvalue weighted by molar-refractivity contribution is -0.122. The number of likely N-dealkylation sites (tertiary alicyclic amines) is 1. The molecule has 1 N–H and O–H groups in total. The molecule has 1 aliphatic rings. The van der Waals surface area contributed by atoms with E-state index in [-0.39, 0.29) is 5.91 Å². The van der Waals surface area contributed by atoms with Crippen molar-refractivity contribution in [3.05, 3.63) is 0 Å². The van der Waals surface area contributed by atoms with Crippen LogP contribution < -0.4 is 5.32 Å². The number of amides is 1. The molecule has 0 aliphatic carbocycles. The van der Waals surface area contributed by atoms with E-state index in [2.05, 4.69) is 16.1 Å². The fourth-order valence-electron chi connectivity index (χ4n) is 1.71. The van der Waals surface area contributed by atoms with E-state index in [9.17, 15) is 4.79 Å². The van der Waals surface area contributed by atoms with Gasteiger partial charge in [0, 0.05) is 20.2 Å². The zero-order valence-electron chi connectivity index (χ0n) is 9.16. The first-order chi connectivity index (χ1) is 7.26. The van der Waals surface area contributed by atoms with Crippen molar-refractivity contribution < 1.29 is 9.53 Å². The van der Waals surface area contributed by atoms with Crippen LogP contribution >= 0.6 is 0 Å². The Morgan fingerprint density at radius 3 is 2.80 bits per heavy atom. The number of ether oxygens (including phenoxy) is 1. The smallest absolute Gasteiger partial charge is 0.234 e. The van der Waals surface area contributed by atoms with Crippen LogP contribution in [0.15, 0.2) is 0 Å². The number of rotatable bonds is 4. The molecule has 1 rings (SSSR count). The Balaban J connectivity index is 2.18. The van der Waals surface area contributed by atoms with E-state index in [0.29, 0.717) is 19.2 Å². The highest BCUT2D eigenvalue weighted by Crippen LogP contribution is 2.11. The molecule has 4 nitrogen and oxygen atoms in total. The Kier molecular flexibility index (Phi) is 5.16. The van der Waals surface area contributed by atoms with E-state index in [1.807, 2.05) is 0 Å². The Bertz CT molecular complexity index is 239. The van der Waals surface area contributed by atoms with Gasteiger partial charge in [-0.05, 0) is 12.8 Å². The van der Waals surface area contributed by atoms with Gasteiger partial charge >= 0.3 is 0 Å². The molecular weight excluding hydrogens is 192 g/mol. The molecule has 0 radical (unpaired) electrons. The summed E-state index contributed by atoms with van der Waals surface area (Å²) in [6.45, 7) is 2.59. The van der Waals surface area contributed by atoms with Crippen molar-refractivity contribution in [3.63, 3.8) is 0 Å². The molecule has 0 bridgehead atoms. The first-order valence-electron chi connectivity index (χ1n) is 5.21. The number of nitrogens with zero attached hydrogens (tertiary/aromatic N) is 1. The minimum absolute atomic E-state index is 0.00353. The van der Waals surface area contributed by atoms with Gasteiger partial charge in [0.05, 0.1) is 19.2 Å². The summed E-state index contributed by atoms with van der Waals surface area (Å²) in [6.07, 6.45) is 7.41. The fourth-order valence-corrected chi connectivity index (χ4v) is 1.71. The van der Waals surface area contributed by atoms with Crippen molar-refractivity contribution in [2.45, 2.75) is 18.9 Å². The van der Waals surface area contributed by atoms with E-state index in [1.54, 1.807) is 7.11 Å². The van der Waals surface area contributed by atoms with Gasteiger partial charge in [0.1, 0.15) is 0 Å². The van der Waals surface area contributed by atoms with Crippen molar-refractivity contribution in [2.75, 3.05) is 33.3 Å². The van der Waals surface area contributed by atoms with E-state index >= 15 is 0 Å². The number of terminal acetylenes is 1. The lowest BCUT2D eigenvalue weighted by Gasteiger charge is -2.30. The van der Waals surface area contributed by atoms with Crippen LogP contribution in [-0.4, -0.2) is 50.2 Å². The van der Waals surface area contributed by atoms with Crippen LogP contribution in [-0.2, 0) is 9.53 Å². The normalized spacial score (nSPS) is 18.4. The Morgan fingerprint density at radius 1 is 1.60 bits per heavy atom. The summed E-state index contributed by atoms with van der Waals surface area (Å²) in [6, 6.07) is 0. The number of carbonyl (C=O) groups is 1. The number of hydrogen-bond donors (Lipinski definition) is 1. The summed E-state index contributed by atoms with van der Waals surface area (Å²) in [5.41, 5.74) is 0. The molecule has 1 heterocycles. The number of methoxy groups -OCH3 is 1. The van der Waals surface area contributed by atoms with Crippen LogP contribution in [0.3, 0.4) is 0 Å². The molecular formula is C11H18N2O2. The topological polar surface area (TPSA) is 41.6 Å². The van der Waals surface area contributed by atoms with Crippen molar-refractivity contribution in [1.29, 1.82) is 0 Å². The summed E-state index contributed by atoms with van der Waals surface area (Å²) in [7, 11) is 1.74. The second-order valence-corrected chi connectivity index (χ2v) is 3.69. The Hall–Kier alpha value is -1.05. The number of nitrogens with one attached hydrogen (secondary N) is 1. The van der Waals surface area contributed by atoms with Crippen LogP contribution in [0.1, 0.15) is 12.8 Å². The predicted octanol–water partition coefficient (Wildman–Crippen LogP) is -0.153. The first-order valence-corrected chi connectivity index (χ1v) is 5.21. The van der Waals surface area contributed by atoms with Gasteiger partial charge in [0.25, 0.3) is 0 Å². The Labute approximate surface area is 91.0 Å². The largest absolute Gasteiger partial charge is 0.381 e. The molecule has 0 aromatic heterocycles. The molecule has 0 saturated carbocycles. The maximum atomic E-state index is 11.3. The van der Waals surface area contributed by atoms with Crippen molar-refractivity contribution in [3.8, 4) is 12.3 Å². The standard InChI is InChI=1S/C11H18N2O2/c1-3-6-12-11(14)9-13-7-4-10(15-2)5-8-13/h1,10H,4-9H2,2H3,(H,12,14). The third-order valence-corrected chi connectivity index (χ3v) is 2.62. The van der Waals surface area contributed by atoms with Gasteiger partial charge in [0.15, 0.2) is 0 Å². The van der Waals surface area contributed by atoms with Crippen LogP contribution in [0.25, 0.3) is 0 Å². The van der Waals surface area contributed by atoms with Crippen molar-refractivity contribution in [1.82, 2.24) is 10.2 Å². The summed E-state index contributed by atoms with van der Waals surface area (Å²) in [4.78, 5) is 13.5. The van der Waals surface area contributed by atoms with Gasteiger partial charge < -0.3 is 10.1 Å². The average molecular weight is 210 g/mol. The van der Waals surface area contributed by atoms with E-state index in [1.165, 1.54) is 0 Å². The highest BCUT2D eigenvalue weighted by atomic mass is 16.5. The van der Waals surface area contributed by atoms with E-state index in [0.717, 1.165) is 25.9 Å². The molecule has 0 atom stereocenters. The lowest BCUT2D eigenvalue weighted by atomic mass is 10.1. The highest BCUT2D eigenvalue weighted by molar-refractivity contribution is 5.78. The van der Waals surface area contributed by atoms with Gasteiger partial charge in [-0.15, -0.1) is 6.42 Å². The third kappa shape index (κ3) is 4.32. The molecule has 84 valence electrons. The zero-order valence-corrected chi connectivity index (χ0v) is 9.16. The minimum atomic E-state index is 0.00353. The number of carbonyl (C=O) groups excluding carboxylic acids is 1. The van der Waals surface area contributed by atoms with Crippen LogP contribution in [0.5, 0.6) is 0 Å². The lowest BCUT2D eigenvalue weighted by Crippen LogP contribution is -2.43. The SMILES string of the molecule is C#CCNC(=O)CN1CCC(OC)CC1. The predicted molar refractivity (Wildman–Crippen MR) is 58.3 cm³/mol. The third-order valence-electron chi connectivity index (χ3n) is 2.62. The maximum Gasteiger partial charge on any atom is 0.234 e. The Morgan fingerprint density at radius 2 is 2.27 bits per heavy atom. The monoisotopic (exact) mass is 210 g/mol. The van der Waals surface area contributed by atoms with Crippen LogP contribution in [0.2, 0.25) is 0 Å². The molecule has 4 heteroatoms. The first kappa shape index (κ1) is 12.0. The number of piperidine rings is 1. The van der Waals surface area contributed by atoms with Gasteiger partial charge in [-0.1, -0.05) is 5.92 Å². The van der Waals surface area contributed by atoms with Crippen molar-refractivity contribution in [2.24, 2.45) is 0 Å². The molecule has 1 fully saturated rings. The molecule has 1 aliphatic heterocycles. The van der Waals surface area contributed by atoms with Crippen LogP contribution in [0.4, 0.5) is 0 Å². The summed E-state index contributed by atoms with van der Waals surface area (Å²) >= 11 is 0. The van der Waals surface area contributed by atoms with E-state index in [4.69, 9.17) is 11.2 Å². The van der Waals surface area contributed by atoms with Crippen molar-refractivity contribution >= 4 is 5.91 Å². The summed E-state index contributed by atoms with van der Waals surface area (Å²) in [5, 5.41) is 2.66. The maximum absolute atomic E-state index is 11.3. The van der Waals surface area contributed by atoms with Gasteiger partial charge in [-0.25, -0.2) is 0 Å². The fraction of sp³-hybridized carbons (Fsp3) is 0.727. The molecule has 15 heavy (non-hydrogen) atoms. The van der Waals surface area contributed by atoms with Gasteiger partial charge in [0.2, 0.25) is 5.91 Å². The molecule has 0 unspecified atom stereocenters. The highest BCUT2D eigenvalue weighted by Gasteiger charge is 2.19. The second-order valence-electron chi connectivity index (χ2n) is 3.69. The summed E-state index contributed by atoms with van der Waals surface area (Å²) < 4.78 is 5.26. The summed E-state index contributed by atoms with van der Waals surface area (Å²) in [5.74, 6) is 2.39. The average Bonchev–Trinajstić information content (AvgIpc) is 2.27. The van der Waals surface area contributed by atoms with Gasteiger partial charge in [-0.2, -0.15) is 0 Å². The molecule has 0 aromatic rings. The van der Waals surface area contributed by atoms with Crippen LogP contribution in [0, 0.1) is 12.3 Å². The molecule has 1 amide bonds. The quantitative estimate of drug-likeness (QED) is 0.656. The second kappa shape index (κ2) is 6.44. The number of hydrogen-bond acceptors (Lipinski definition) is 3. The van der Waals surface area contributed by atoms with Gasteiger partial charge in [-0.3, -0.25) is 9.69 Å². The minimum Gasteiger partial charge on any atom is -0.381 e. The molecule has 0 aromatic carbocycles. The molecule has 1 saturated heterocycles. The van der Waals surface area contributed by atoms with E-state index < -0.39 is 0 Å².